The Kier molecular flexibility index (Phi) is 8.48. The fourth-order valence-corrected chi connectivity index (χ4v) is 2.43. The third-order valence-corrected chi connectivity index (χ3v) is 3.92. The maximum absolute atomic E-state index is 4.25. The molecule has 0 aliphatic carbocycles. The van der Waals surface area contributed by atoms with Gasteiger partial charge in [0.25, 0.3) is 0 Å². The summed E-state index contributed by atoms with van der Waals surface area (Å²) in [5.74, 6) is 0. The molecular formula is C25H20IrN2-2. The summed E-state index contributed by atoms with van der Waals surface area (Å²) >= 11 is 0. The second-order valence-corrected chi connectivity index (χ2v) is 5.95. The van der Waals surface area contributed by atoms with E-state index in [-0.39, 0.29) is 20.1 Å². The molecule has 28 heavy (non-hydrogen) atoms. The topological polar surface area (TPSA) is 25.8 Å². The van der Waals surface area contributed by atoms with Crippen molar-refractivity contribution in [2.75, 3.05) is 0 Å². The zero-order valence-corrected chi connectivity index (χ0v) is 18.0. The molecule has 2 heterocycles. The molecule has 0 saturated heterocycles. The molecule has 0 saturated carbocycles. The molecule has 0 unspecified atom stereocenters. The minimum Gasteiger partial charge on any atom is -0.305 e. The minimum absolute atomic E-state index is 0. The molecule has 141 valence electrons. The SMILES string of the molecule is C=Cc1c[c-]c(-c2ccccn2)cc1.Cc1c[c-]c(-c2ccccn2)cc1.[Ir]. The predicted octanol–water partition coefficient (Wildman–Crippen LogP) is 6.05. The van der Waals surface area contributed by atoms with Gasteiger partial charge in [-0.2, -0.15) is 0 Å². The maximum Gasteiger partial charge on any atom is 0.0160 e. The first-order valence-corrected chi connectivity index (χ1v) is 8.71. The summed E-state index contributed by atoms with van der Waals surface area (Å²) < 4.78 is 0. The van der Waals surface area contributed by atoms with E-state index >= 15 is 0 Å². The van der Waals surface area contributed by atoms with Crippen molar-refractivity contribution in [3.63, 3.8) is 0 Å². The van der Waals surface area contributed by atoms with E-state index in [4.69, 9.17) is 0 Å². The Morgan fingerprint density at radius 1 is 0.750 bits per heavy atom. The smallest absolute Gasteiger partial charge is 0.0160 e. The second kappa shape index (κ2) is 11.1. The molecule has 0 spiro atoms. The summed E-state index contributed by atoms with van der Waals surface area (Å²) in [5.41, 5.74) is 6.28. The molecule has 0 aliphatic rings. The fraction of sp³-hybridized carbons (Fsp3) is 0.0400. The number of aryl methyl sites for hydroxylation is 1. The quantitative estimate of drug-likeness (QED) is 0.296. The van der Waals surface area contributed by atoms with Crippen LogP contribution in [-0.2, 0) is 20.1 Å². The fourth-order valence-electron chi connectivity index (χ4n) is 2.43. The average molecular weight is 541 g/mol. The largest absolute Gasteiger partial charge is 0.305 e. The monoisotopic (exact) mass is 541 g/mol. The predicted molar refractivity (Wildman–Crippen MR) is 112 cm³/mol. The van der Waals surface area contributed by atoms with E-state index < -0.39 is 0 Å². The van der Waals surface area contributed by atoms with Gasteiger partial charge in [0.15, 0.2) is 0 Å². The van der Waals surface area contributed by atoms with Crippen LogP contribution >= 0.6 is 0 Å². The Morgan fingerprint density at radius 3 is 1.71 bits per heavy atom. The van der Waals surface area contributed by atoms with Gasteiger partial charge in [-0.05, 0) is 23.5 Å². The van der Waals surface area contributed by atoms with Crippen LogP contribution in [0.15, 0.2) is 91.8 Å². The Hall–Kier alpha value is -2.87. The van der Waals surface area contributed by atoms with Gasteiger partial charge >= 0.3 is 0 Å². The molecule has 0 aliphatic heterocycles. The van der Waals surface area contributed by atoms with E-state index in [0.717, 1.165) is 28.1 Å². The van der Waals surface area contributed by atoms with Gasteiger partial charge in [-0.1, -0.05) is 31.2 Å². The molecule has 0 N–H and O–H groups in total. The van der Waals surface area contributed by atoms with Crippen LogP contribution in [0.3, 0.4) is 0 Å². The molecule has 0 fully saturated rings. The summed E-state index contributed by atoms with van der Waals surface area (Å²) in [6, 6.07) is 30.1. The van der Waals surface area contributed by atoms with E-state index in [1.165, 1.54) is 5.56 Å². The summed E-state index contributed by atoms with van der Waals surface area (Å²) in [4.78, 5) is 8.49. The number of nitrogens with zero attached hydrogens (tertiary/aromatic N) is 2. The molecular weight excluding hydrogens is 521 g/mol. The Labute approximate surface area is 180 Å². The molecule has 1 radical (unpaired) electrons. The van der Waals surface area contributed by atoms with Gasteiger partial charge in [0.1, 0.15) is 0 Å². The number of benzene rings is 2. The van der Waals surface area contributed by atoms with Gasteiger partial charge in [0, 0.05) is 32.5 Å². The van der Waals surface area contributed by atoms with Gasteiger partial charge in [0.05, 0.1) is 0 Å². The standard InChI is InChI=1S/C13H10N.C12H10N.Ir/c1-2-11-6-8-12(9-7-11)13-5-3-4-10-14-13;1-10-5-7-11(8-6-10)12-4-2-3-9-13-12;/h2-8,10H,1H2;2-7,9H,1H3;/q2*-1;. The van der Waals surface area contributed by atoms with Gasteiger partial charge < -0.3 is 9.97 Å². The van der Waals surface area contributed by atoms with E-state index in [2.05, 4.69) is 41.7 Å². The van der Waals surface area contributed by atoms with Gasteiger partial charge in [-0.3, -0.25) is 0 Å². The van der Waals surface area contributed by atoms with Crippen molar-refractivity contribution >= 4 is 6.08 Å². The first-order chi connectivity index (χ1) is 13.3. The third-order valence-electron chi connectivity index (χ3n) is 3.92. The van der Waals surface area contributed by atoms with E-state index in [9.17, 15) is 0 Å². The molecule has 3 heteroatoms. The molecule has 4 rings (SSSR count). The normalized spacial score (nSPS) is 9.46. The second-order valence-electron chi connectivity index (χ2n) is 5.95. The summed E-state index contributed by atoms with van der Waals surface area (Å²) in [5, 5.41) is 0. The Balaban J connectivity index is 0.000000194. The molecule has 4 aromatic rings. The Morgan fingerprint density at radius 2 is 1.32 bits per heavy atom. The zero-order chi connectivity index (χ0) is 18.9. The van der Waals surface area contributed by atoms with E-state index in [0.29, 0.717) is 0 Å². The van der Waals surface area contributed by atoms with Crippen molar-refractivity contribution in [3.8, 4) is 22.5 Å². The first-order valence-electron chi connectivity index (χ1n) is 8.71. The van der Waals surface area contributed by atoms with Gasteiger partial charge in [0.2, 0.25) is 0 Å². The van der Waals surface area contributed by atoms with Crippen LogP contribution in [0.1, 0.15) is 11.1 Å². The molecule has 0 atom stereocenters. The van der Waals surface area contributed by atoms with Crippen molar-refractivity contribution in [2.45, 2.75) is 6.92 Å². The summed E-state index contributed by atoms with van der Waals surface area (Å²) in [7, 11) is 0. The van der Waals surface area contributed by atoms with Crippen LogP contribution in [-0.4, -0.2) is 9.97 Å². The van der Waals surface area contributed by atoms with Crippen LogP contribution in [0, 0.1) is 19.1 Å². The molecule has 2 nitrogen and oxygen atoms in total. The third kappa shape index (κ3) is 6.09. The summed E-state index contributed by atoms with van der Waals surface area (Å²) in [6.45, 7) is 5.75. The van der Waals surface area contributed by atoms with Crippen LogP contribution in [0.5, 0.6) is 0 Å². The number of hydrogen-bond acceptors (Lipinski definition) is 2. The number of pyridine rings is 2. The molecule has 0 amide bonds. The first kappa shape index (κ1) is 21.4. The minimum atomic E-state index is 0. The number of rotatable bonds is 3. The van der Waals surface area contributed by atoms with Crippen molar-refractivity contribution in [1.29, 1.82) is 0 Å². The van der Waals surface area contributed by atoms with E-state index in [1.54, 1.807) is 18.5 Å². The number of hydrogen-bond donors (Lipinski definition) is 0. The Bertz CT molecular complexity index is 964. The zero-order valence-electron chi connectivity index (χ0n) is 15.6. The number of aromatic nitrogens is 2. The van der Waals surface area contributed by atoms with Crippen molar-refractivity contribution in [1.82, 2.24) is 9.97 Å². The van der Waals surface area contributed by atoms with Crippen molar-refractivity contribution in [2.24, 2.45) is 0 Å². The van der Waals surface area contributed by atoms with Crippen LogP contribution in [0.25, 0.3) is 28.6 Å². The maximum atomic E-state index is 4.25. The van der Waals surface area contributed by atoms with Gasteiger partial charge in [-0.15, -0.1) is 83.4 Å². The van der Waals surface area contributed by atoms with Crippen LogP contribution < -0.4 is 0 Å². The van der Waals surface area contributed by atoms with Crippen molar-refractivity contribution in [3.05, 3.63) is 115 Å². The van der Waals surface area contributed by atoms with Crippen LogP contribution in [0.2, 0.25) is 0 Å². The summed E-state index contributed by atoms with van der Waals surface area (Å²) in [6.07, 6.45) is 5.38. The molecule has 0 bridgehead atoms. The molecule has 2 aromatic heterocycles. The van der Waals surface area contributed by atoms with E-state index in [1.807, 2.05) is 66.7 Å². The average Bonchev–Trinajstić information content (AvgIpc) is 2.76. The molecule has 2 aromatic carbocycles. The van der Waals surface area contributed by atoms with Crippen molar-refractivity contribution < 1.29 is 20.1 Å². The van der Waals surface area contributed by atoms with Crippen LogP contribution in [0.4, 0.5) is 0 Å². The van der Waals surface area contributed by atoms with Gasteiger partial charge in [-0.25, -0.2) is 0 Å².